The second-order valence-corrected chi connectivity index (χ2v) is 6.68. The highest BCUT2D eigenvalue weighted by Gasteiger charge is 2.20. The highest BCUT2D eigenvalue weighted by Crippen LogP contribution is 2.19. The van der Waals surface area contributed by atoms with Crippen molar-refractivity contribution in [3.8, 4) is 5.75 Å². The van der Waals surface area contributed by atoms with Crippen molar-refractivity contribution in [1.82, 2.24) is 0 Å². The first-order chi connectivity index (χ1) is 13.7. The maximum Gasteiger partial charge on any atom is 0.340 e. The summed E-state index contributed by atoms with van der Waals surface area (Å²) < 4.78 is 16.0. The van der Waals surface area contributed by atoms with Gasteiger partial charge in [0.05, 0.1) is 24.5 Å². The third-order valence-electron chi connectivity index (χ3n) is 4.65. The number of anilines is 1. The monoisotopic (exact) mass is 383 g/mol. The molecule has 1 unspecified atom stereocenters. The molecule has 28 heavy (non-hydrogen) atoms. The number of rotatable bonds is 8. The summed E-state index contributed by atoms with van der Waals surface area (Å²) in [6.07, 6.45) is 2.77. The number of esters is 1. The molecule has 3 rings (SSSR count). The Labute approximate surface area is 164 Å². The average Bonchev–Trinajstić information content (AvgIpc) is 3.25. The van der Waals surface area contributed by atoms with Gasteiger partial charge < -0.3 is 19.5 Å². The molecule has 0 aliphatic carbocycles. The highest BCUT2D eigenvalue weighted by atomic mass is 16.6. The van der Waals surface area contributed by atoms with E-state index in [1.165, 1.54) is 0 Å². The van der Waals surface area contributed by atoms with Crippen LogP contribution in [0.25, 0.3) is 0 Å². The molecule has 1 saturated heterocycles. The van der Waals surface area contributed by atoms with Crippen molar-refractivity contribution < 1.29 is 23.8 Å². The molecule has 1 atom stereocenters. The van der Waals surface area contributed by atoms with Gasteiger partial charge in [0.1, 0.15) is 12.4 Å². The van der Waals surface area contributed by atoms with E-state index < -0.39 is 5.97 Å². The van der Waals surface area contributed by atoms with Gasteiger partial charge in [-0.05, 0) is 49.1 Å². The minimum atomic E-state index is -0.457. The van der Waals surface area contributed by atoms with E-state index in [0.717, 1.165) is 24.2 Å². The van der Waals surface area contributed by atoms with E-state index in [9.17, 15) is 9.59 Å². The molecule has 1 aliphatic rings. The lowest BCUT2D eigenvalue weighted by Crippen LogP contribution is -2.20. The van der Waals surface area contributed by atoms with E-state index in [2.05, 4.69) is 5.32 Å². The Balaban J connectivity index is 1.54. The summed E-state index contributed by atoms with van der Waals surface area (Å²) in [5.41, 5.74) is 1.85. The molecule has 1 aliphatic heterocycles. The van der Waals surface area contributed by atoms with Gasteiger partial charge >= 0.3 is 5.97 Å². The number of carbonyl (C=O) groups is 2. The highest BCUT2D eigenvalue weighted by molar-refractivity contribution is 6.01. The van der Waals surface area contributed by atoms with Gasteiger partial charge in [0, 0.05) is 13.0 Å². The molecule has 2 aromatic carbocycles. The quantitative estimate of drug-likeness (QED) is 0.705. The van der Waals surface area contributed by atoms with Crippen molar-refractivity contribution in [3.63, 3.8) is 0 Å². The molecular formula is C22H25NO5. The molecule has 1 fully saturated rings. The number of ether oxygens (including phenoxy) is 3. The lowest BCUT2D eigenvalue weighted by Gasteiger charge is -2.13. The Kier molecular flexibility index (Phi) is 7.03. The molecule has 0 radical (unpaired) electrons. The van der Waals surface area contributed by atoms with Gasteiger partial charge in [-0.1, -0.05) is 24.3 Å². The van der Waals surface area contributed by atoms with Crippen LogP contribution in [0.15, 0.2) is 48.5 Å². The molecule has 6 heteroatoms. The minimum Gasteiger partial charge on any atom is -0.497 e. The molecule has 0 spiro atoms. The number of hydrogen-bond acceptors (Lipinski definition) is 5. The van der Waals surface area contributed by atoms with Crippen LogP contribution in [-0.2, 0) is 20.7 Å². The standard InChI is InChI=1S/C22H25NO5/c1-26-17-11-8-16(9-12-17)10-13-21(24)23-20-7-3-2-6-19(20)22(25)28-15-18-5-4-14-27-18/h2-3,6-9,11-12,18H,4-5,10,13-15H2,1H3,(H,23,24). The van der Waals surface area contributed by atoms with Crippen molar-refractivity contribution in [2.45, 2.75) is 31.8 Å². The molecule has 0 bridgehead atoms. The van der Waals surface area contributed by atoms with Crippen molar-refractivity contribution in [1.29, 1.82) is 0 Å². The molecule has 1 amide bonds. The molecular weight excluding hydrogens is 358 g/mol. The first-order valence-electron chi connectivity index (χ1n) is 9.46. The van der Waals surface area contributed by atoms with E-state index in [1.54, 1.807) is 31.4 Å². The van der Waals surface area contributed by atoms with Gasteiger partial charge in [-0.25, -0.2) is 4.79 Å². The zero-order valence-corrected chi connectivity index (χ0v) is 16.0. The van der Waals surface area contributed by atoms with Crippen LogP contribution < -0.4 is 10.1 Å². The number of amides is 1. The van der Waals surface area contributed by atoms with Crippen molar-refractivity contribution in [2.24, 2.45) is 0 Å². The largest absolute Gasteiger partial charge is 0.497 e. The number of methoxy groups -OCH3 is 1. The van der Waals surface area contributed by atoms with E-state index in [1.807, 2.05) is 24.3 Å². The maximum atomic E-state index is 12.4. The zero-order valence-electron chi connectivity index (χ0n) is 16.0. The number of para-hydroxylation sites is 1. The summed E-state index contributed by atoms with van der Waals surface area (Å²) in [4.78, 5) is 24.7. The zero-order chi connectivity index (χ0) is 19.8. The molecule has 2 aromatic rings. The van der Waals surface area contributed by atoms with Gasteiger partial charge in [0.15, 0.2) is 0 Å². The molecule has 0 aromatic heterocycles. The Hall–Kier alpha value is -2.86. The van der Waals surface area contributed by atoms with Crippen molar-refractivity contribution in [3.05, 3.63) is 59.7 Å². The van der Waals surface area contributed by atoms with Gasteiger partial charge in [0.25, 0.3) is 0 Å². The third-order valence-corrected chi connectivity index (χ3v) is 4.65. The lowest BCUT2D eigenvalue weighted by atomic mass is 10.1. The van der Waals surface area contributed by atoms with Gasteiger partial charge in [0.2, 0.25) is 5.91 Å². The first kappa shape index (κ1) is 19.9. The Bertz CT molecular complexity index is 797. The predicted octanol–water partition coefficient (Wildman–Crippen LogP) is 3.60. The minimum absolute atomic E-state index is 0.0322. The Morgan fingerprint density at radius 3 is 2.64 bits per heavy atom. The fourth-order valence-electron chi connectivity index (χ4n) is 3.06. The Morgan fingerprint density at radius 2 is 1.93 bits per heavy atom. The Morgan fingerprint density at radius 1 is 1.14 bits per heavy atom. The number of benzene rings is 2. The van der Waals surface area contributed by atoms with Crippen LogP contribution in [0.2, 0.25) is 0 Å². The fourth-order valence-corrected chi connectivity index (χ4v) is 3.06. The van der Waals surface area contributed by atoms with Crippen molar-refractivity contribution >= 4 is 17.6 Å². The fraction of sp³-hybridized carbons (Fsp3) is 0.364. The third kappa shape index (κ3) is 5.57. The maximum absolute atomic E-state index is 12.4. The summed E-state index contributed by atoms with van der Waals surface area (Å²) >= 11 is 0. The van der Waals surface area contributed by atoms with Crippen molar-refractivity contribution in [2.75, 3.05) is 25.6 Å². The summed E-state index contributed by atoms with van der Waals surface area (Å²) in [5.74, 6) is 0.167. The molecule has 1 N–H and O–H groups in total. The van der Waals surface area contributed by atoms with Crippen LogP contribution in [0.1, 0.15) is 35.2 Å². The van der Waals surface area contributed by atoms with Crippen LogP contribution in [0.3, 0.4) is 0 Å². The SMILES string of the molecule is COc1ccc(CCC(=O)Nc2ccccc2C(=O)OCC2CCCO2)cc1. The number of hydrogen-bond donors (Lipinski definition) is 1. The normalized spacial score (nSPS) is 15.8. The van der Waals surface area contributed by atoms with Crippen LogP contribution in [0.5, 0.6) is 5.75 Å². The van der Waals surface area contributed by atoms with E-state index in [4.69, 9.17) is 14.2 Å². The molecule has 6 nitrogen and oxygen atoms in total. The number of carbonyl (C=O) groups excluding carboxylic acids is 2. The van der Waals surface area contributed by atoms with Crippen LogP contribution in [0, 0.1) is 0 Å². The lowest BCUT2D eigenvalue weighted by molar-refractivity contribution is -0.116. The predicted molar refractivity (Wildman–Crippen MR) is 106 cm³/mol. The van der Waals surface area contributed by atoms with Gasteiger partial charge in [-0.15, -0.1) is 0 Å². The van der Waals surface area contributed by atoms with Crippen LogP contribution >= 0.6 is 0 Å². The van der Waals surface area contributed by atoms with Crippen LogP contribution in [0.4, 0.5) is 5.69 Å². The van der Waals surface area contributed by atoms with E-state index in [-0.39, 0.29) is 18.6 Å². The summed E-state index contributed by atoms with van der Waals surface area (Å²) in [6, 6.07) is 14.5. The molecule has 148 valence electrons. The number of aryl methyl sites for hydroxylation is 1. The molecule has 1 heterocycles. The average molecular weight is 383 g/mol. The topological polar surface area (TPSA) is 73.9 Å². The van der Waals surface area contributed by atoms with E-state index >= 15 is 0 Å². The summed E-state index contributed by atoms with van der Waals surface area (Å²) in [6.45, 7) is 0.946. The summed E-state index contributed by atoms with van der Waals surface area (Å²) in [5, 5.41) is 2.82. The van der Waals surface area contributed by atoms with Gasteiger partial charge in [-0.2, -0.15) is 0 Å². The number of nitrogens with one attached hydrogen (secondary N) is 1. The van der Waals surface area contributed by atoms with Gasteiger partial charge in [-0.3, -0.25) is 4.79 Å². The van der Waals surface area contributed by atoms with E-state index in [0.29, 0.717) is 30.7 Å². The molecule has 0 saturated carbocycles. The first-order valence-corrected chi connectivity index (χ1v) is 9.46. The second kappa shape index (κ2) is 9.90. The smallest absolute Gasteiger partial charge is 0.340 e. The summed E-state index contributed by atoms with van der Waals surface area (Å²) in [7, 11) is 1.62. The second-order valence-electron chi connectivity index (χ2n) is 6.68. The van der Waals surface area contributed by atoms with Crippen LogP contribution in [-0.4, -0.2) is 38.3 Å².